The van der Waals surface area contributed by atoms with Crippen LogP contribution in [0, 0.1) is 0 Å². The topological polar surface area (TPSA) is 81.1 Å². The number of carbonyl (C=O) groups excluding carboxylic acids is 1. The average Bonchev–Trinajstić information content (AvgIpc) is 3.18. The van der Waals surface area contributed by atoms with E-state index in [1.54, 1.807) is 6.20 Å². The molecule has 7 heteroatoms. The van der Waals surface area contributed by atoms with Crippen molar-refractivity contribution in [3.8, 4) is 22.8 Å². The number of hydrogen-bond donors (Lipinski definition) is 2. The molecule has 1 fully saturated rings. The van der Waals surface area contributed by atoms with Crippen molar-refractivity contribution >= 4 is 16.8 Å². The third-order valence-electron chi connectivity index (χ3n) is 6.15. The molecule has 168 valence electrons. The van der Waals surface area contributed by atoms with Crippen molar-refractivity contribution in [3.05, 3.63) is 72.1 Å². The molecule has 1 aliphatic heterocycles. The van der Waals surface area contributed by atoms with Crippen LogP contribution in [0.25, 0.3) is 22.2 Å². The first kappa shape index (κ1) is 21.2. The third kappa shape index (κ3) is 4.45. The number of hydrogen-bond acceptors (Lipinski definition) is 5. The van der Waals surface area contributed by atoms with Crippen LogP contribution in [0.1, 0.15) is 29.3 Å². The number of fused-ring (bicyclic) bond motifs is 1. The van der Waals surface area contributed by atoms with Gasteiger partial charge in [-0.1, -0.05) is 13.0 Å². The zero-order chi connectivity index (χ0) is 22.8. The summed E-state index contributed by atoms with van der Waals surface area (Å²) < 4.78 is 7.94. The number of amides is 1. The van der Waals surface area contributed by atoms with E-state index in [0.717, 1.165) is 58.4 Å². The smallest absolute Gasteiger partial charge is 0.251 e. The summed E-state index contributed by atoms with van der Waals surface area (Å²) in [6.45, 7) is 3.75. The van der Waals surface area contributed by atoms with Crippen LogP contribution in [0.15, 0.2) is 60.9 Å². The first-order valence-electron chi connectivity index (χ1n) is 11.3. The second-order valence-electron chi connectivity index (χ2n) is 8.34. The zero-order valence-electron chi connectivity index (χ0n) is 18.8. The van der Waals surface area contributed by atoms with E-state index in [4.69, 9.17) is 4.74 Å². The van der Waals surface area contributed by atoms with E-state index in [-0.39, 0.29) is 5.91 Å². The van der Waals surface area contributed by atoms with E-state index in [1.165, 1.54) is 0 Å². The van der Waals surface area contributed by atoms with Gasteiger partial charge in [-0.15, -0.1) is 0 Å². The molecule has 2 aromatic heterocycles. The number of ether oxygens (including phenoxy) is 1. The first-order chi connectivity index (χ1) is 16.1. The number of pyridine rings is 1. The summed E-state index contributed by atoms with van der Waals surface area (Å²) >= 11 is 0. The summed E-state index contributed by atoms with van der Waals surface area (Å²) in [6.07, 6.45) is 5.45. The highest BCUT2D eigenvalue weighted by atomic mass is 16.5. The van der Waals surface area contributed by atoms with E-state index >= 15 is 0 Å². The maximum Gasteiger partial charge on any atom is 0.251 e. The Hall–Kier alpha value is -3.71. The normalized spacial score (nSPS) is 15.3. The summed E-state index contributed by atoms with van der Waals surface area (Å²) in [5, 5.41) is 11.7. The number of aromatic nitrogens is 3. The van der Waals surface area contributed by atoms with Crippen molar-refractivity contribution < 1.29 is 9.53 Å². The highest BCUT2D eigenvalue weighted by molar-refractivity contribution is 5.96. The SMILES string of the molecule is CCc1cc(-c2cc(Oc3ccc4cnn(C)c4c3)ccn2)ccc1C(=O)NC[C@@H]1CCN1. The van der Waals surface area contributed by atoms with E-state index in [1.807, 2.05) is 66.5 Å². The molecule has 0 spiro atoms. The summed E-state index contributed by atoms with van der Waals surface area (Å²) in [6, 6.07) is 16.0. The standard InChI is InChI=1S/C26H27N5O2/c1-3-17-12-18(5-7-23(17)26(32)29-16-20-8-10-27-20)24-13-22(9-11-28-24)33-21-6-4-19-15-30-31(2)25(19)14-21/h4-7,9,11-15,20,27H,3,8,10,16H2,1-2H3,(H,29,32)/t20-/m0/s1. The Balaban J connectivity index is 1.35. The molecule has 1 aliphatic rings. The van der Waals surface area contributed by atoms with Gasteiger partial charge in [-0.05, 0) is 55.3 Å². The molecule has 5 rings (SSSR count). The number of benzene rings is 2. The fraction of sp³-hybridized carbons (Fsp3) is 0.269. The van der Waals surface area contributed by atoms with E-state index < -0.39 is 0 Å². The lowest BCUT2D eigenvalue weighted by Gasteiger charge is -2.27. The van der Waals surface area contributed by atoms with Gasteiger partial charge in [0, 0.05) is 54.5 Å². The Morgan fingerprint density at radius 1 is 1.18 bits per heavy atom. The molecule has 0 aliphatic carbocycles. The molecule has 1 amide bonds. The van der Waals surface area contributed by atoms with Crippen LogP contribution in [0.3, 0.4) is 0 Å². The van der Waals surface area contributed by atoms with Gasteiger partial charge in [0.1, 0.15) is 11.5 Å². The van der Waals surface area contributed by atoms with E-state index in [2.05, 4.69) is 27.6 Å². The van der Waals surface area contributed by atoms with Crippen LogP contribution in [-0.2, 0) is 13.5 Å². The molecule has 7 nitrogen and oxygen atoms in total. The molecular formula is C26H27N5O2. The minimum Gasteiger partial charge on any atom is -0.457 e. The average molecular weight is 442 g/mol. The summed E-state index contributed by atoms with van der Waals surface area (Å²) in [4.78, 5) is 17.2. The summed E-state index contributed by atoms with van der Waals surface area (Å²) in [5.74, 6) is 1.42. The van der Waals surface area contributed by atoms with Gasteiger partial charge in [-0.3, -0.25) is 14.5 Å². The quantitative estimate of drug-likeness (QED) is 0.452. The summed E-state index contributed by atoms with van der Waals surface area (Å²) in [5.41, 5.74) is 4.49. The zero-order valence-corrected chi connectivity index (χ0v) is 18.8. The van der Waals surface area contributed by atoms with Gasteiger partial charge >= 0.3 is 0 Å². The van der Waals surface area contributed by atoms with E-state index in [0.29, 0.717) is 18.3 Å². The molecule has 0 radical (unpaired) electrons. The third-order valence-corrected chi connectivity index (χ3v) is 6.15. The largest absolute Gasteiger partial charge is 0.457 e. The van der Waals surface area contributed by atoms with Crippen LogP contribution in [-0.4, -0.2) is 39.8 Å². The van der Waals surface area contributed by atoms with Crippen LogP contribution in [0.5, 0.6) is 11.5 Å². The Morgan fingerprint density at radius 3 is 2.82 bits per heavy atom. The Morgan fingerprint density at radius 2 is 2.03 bits per heavy atom. The molecule has 1 saturated heterocycles. The number of carbonyl (C=O) groups is 1. The van der Waals surface area contributed by atoms with Crippen LogP contribution >= 0.6 is 0 Å². The lowest BCUT2D eigenvalue weighted by atomic mass is 9.99. The fourth-order valence-electron chi connectivity index (χ4n) is 4.06. The van der Waals surface area contributed by atoms with Gasteiger partial charge in [-0.25, -0.2) is 0 Å². The van der Waals surface area contributed by atoms with Gasteiger partial charge in [0.2, 0.25) is 0 Å². The Labute approximate surface area is 192 Å². The lowest BCUT2D eigenvalue weighted by molar-refractivity contribution is 0.0944. The maximum absolute atomic E-state index is 12.7. The molecule has 0 saturated carbocycles. The second kappa shape index (κ2) is 9.03. The lowest BCUT2D eigenvalue weighted by Crippen LogP contribution is -2.50. The molecule has 0 bridgehead atoms. The number of aryl methyl sites for hydroxylation is 2. The van der Waals surface area contributed by atoms with Crippen LogP contribution in [0.2, 0.25) is 0 Å². The van der Waals surface area contributed by atoms with Gasteiger partial charge in [-0.2, -0.15) is 5.10 Å². The molecule has 0 unspecified atom stereocenters. The highest BCUT2D eigenvalue weighted by Gasteiger charge is 2.18. The predicted molar refractivity (Wildman–Crippen MR) is 129 cm³/mol. The molecule has 4 aromatic rings. The fourth-order valence-corrected chi connectivity index (χ4v) is 4.06. The van der Waals surface area contributed by atoms with Gasteiger partial charge < -0.3 is 15.4 Å². The van der Waals surface area contributed by atoms with Gasteiger partial charge in [0.05, 0.1) is 17.4 Å². The minimum absolute atomic E-state index is 0.0253. The van der Waals surface area contributed by atoms with Crippen molar-refractivity contribution in [3.63, 3.8) is 0 Å². The number of rotatable bonds is 7. The van der Waals surface area contributed by atoms with Crippen molar-refractivity contribution in [2.24, 2.45) is 7.05 Å². The molecule has 1 atom stereocenters. The van der Waals surface area contributed by atoms with Gasteiger partial charge in [0.15, 0.2) is 0 Å². The molecular weight excluding hydrogens is 414 g/mol. The molecule has 33 heavy (non-hydrogen) atoms. The first-order valence-corrected chi connectivity index (χ1v) is 11.3. The minimum atomic E-state index is -0.0253. The van der Waals surface area contributed by atoms with E-state index in [9.17, 15) is 4.79 Å². The molecule has 3 heterocycles. The second-order valence-corrected chi connectivity index (χ2v) is 8.34. The van der Waals surface area contributed by atoms with Crippen molar-refractivity contribution in [1.82, 2.24) is 25.4 Å². The molecule has 2 N–H and O–H groups in total. The summed E-state index contributed by atoms with van der Waals surface area (Å²) in [7, 11) is 1.91. The Kier molecular flexibility index (Phi) is 5.79. The van der Waals surface area contributed by atoms with Crippen molar-refractivity contribution in [2.45, 2.75) is 25.8 Å². The Bertz CT molecular complexity index is 1310. The number of nitrogens with zero attached hydrogens (tertiary/aromatic N) is 3. The molecule has 2 aromatic carbocycles. The highest BCUT2D eigenvalue weighted by Crippen LogP contribution is 2.29. The number of nitrogens with one attached hydrogen (secondary N) is 2. The van der Waals surface area contributed by atoms with Crippen LogP contribution < -0.4 is 15.4 Å². The monoisotopic (exact) mass is 441 g/mol. The van der Waals surface area contributed by atoms with Crippen molar-refractivity contribution in [1.29, 1.82) is 0 Å². The predicted octanol–water partition coefficient (Wildman–Crippen LogP) is 4.08. The van der Waals surface area contributed by atoms with Crippen molar-refractivity contribution in [2.75, 3.05) is 13.1 Å². The van der Waals surface area contributed by atoms with Gasteiger partial charge in [0.25, 0.3) is 5.91 Å². The van der Waals surface area contributed by atoms with Crippen LogP contribution in [0.4, 0.5) is 0 Å². The maximum atomic E-state index is 12.7.